The highest BCUT2D eigenvalue weighted by Crippen LogP contribution is 2.33. The van der Waals surface area contributed by atoms with E-state index in [-0.39, 0.29) is 39.3 Å². The molecule has 0 radical (unpaired) electrons. The third kappa shape index (κ3) is 5.55. The van der Waals surface area contributed by atoms with E-state index >= 15 is 0 Å². The van der Waals surface area contributed by atoms with E-state index in [1.165, 1.54) is 18.2 Å². The van der Waals surface area contributed by atoms with Crippen LogP contribution in [0.15, 0.2) is 47.6 Å². The zero-order chi connectivity index (χ0) is 21.8. The van der Waals surface area contributed by atoms with Crippen LogP contribution in [0.1, 0.15) is 24.5 Å². The number of sulfonamides is 1. The molecule has 0 unspecified atom stereocenters. The molecule has 0 spiro atoms. The topological polar surface area (TPSA) is 59.0 Å². The van der Waals surface area contributed by atoms with Gasteiger partial charge in [0.15, 0.2) is 0 Å². The molecule has 0 bridgehead atoms. The summed E-state index contributed by atoms with van der Waals surface area (Å²) in [5.74, 6) is 0. The van der Waals surface area contributed by atoms with Crippen molar-refractivity contribution in [2.24, 2.45) is 5.16 Å². The molecule has 0 saturated heterocycles. The molecule has 0 aliphatic carbocycles. The van der Waals surface area contributed by atoms with Crippen LogP contribution in [0.2, 0.25) is 10.0 Å². The first-order valence-corrected chi connectivity index (χ1v) is 10.5. The van der Waals surface area contributed by atoms with E-state index in [1.54, 1.807) is 31.2 Å². The van der Waals surface area contributed by atoms with Crippen molar-refractivity contribution in [3.63, 3.8) is 0 Å². The first kappa shape index (κ1) is 23.3. The Morgan fingerprint density at radius 3 is 2.24 bits per heavy atom. The molecule has 0 atom stereocenters. The molecule has 0 aromatic heterocycles. The maximum absolute atomic E-state index is 13.0. The lowest BCUT2D eigenvalue weighted by atomic mass is 10.1. The van der Waals surface area contributed by atoms with E-state index in [0.29, 0.717) is 5.02 Å². The molecule has 11 heteroatoms. The van der Waals surface area contributed by atoms with E-state index in [1.807, 2.05) is 0 Å². The molecule has 0 aliphatic rings. The molecule has 2 aromatic rings. The minimum absolute atomic E-state index is 0.0905. The van der Waals surface area contributed by atoms with Crippen molar-refractivity contribution in [3.05, 3.63) is 63.6 Å². The summed E-state index contributed by atoms with van der Waals surface area (Å²) in [4.78, 5) is 5.31. The molecular formula is C18H17Cl2F3N2O3S. The summed E-state index contributed by atoms with van der Waals surface area (Å²) in [6, 6.07) is 10.6. The van der Waals surface area contributed by atoms with E-state index in [4.69, 9.17) is 28.0 Å². The zero-order valence-electron chi connectivity index (χ0n) is 15.4. The van der Waals surface area contributed by atoms with Crippen LogP contribution in [0.5, 0.6) is 0 Å². The van der Waals surface area contributed by atoms with Crippen LogP contribution in [0, 0.1) is 0 Å². The number of rotatable bonds is 7. The van der Waals surface area contributed by atoms with Gasteiger partial charge in [-0.3, -0.25) is 4.31 Å². The van der Waals surface area contributed by atoms with Gasteiger partial charge in [0.05, 0.1) is 11.4 Å². The summed E-state index contributed by atoms with van der Waals surface area (Å²) < 4.78 is 62.7. The molecule has 29 heavy (non-hydrogen) atoms. The van der Waals surface area contributed by atoms with Crippen molar-refractivity contribution in [2.75, 3.05) is 11.4 Å². The number of anilines is 1. The molecule has 0 saturated carbocycles. The highest BCUT2D eigenvalue weighted by molar-refractivity contribution is 7.93. The van der Waals surface area contributed by atoms with E-state index in [9.17, 15) is 21.6 Å². The molecular weight excluding hydrogens is 452 g/mol. The smallest absolute Gasteiger partial charge is 0.391 e. The van der Waals surface area contributed by atoms with Crippen LogP contribution in [-0.4, -0.2) is 26.7 Å². The second kappa shape index (κ2) is 9.23. The summed E-state index contributed by atoms with van der Waals surface area (Å²) in [7, 11) is -4.78. The summed E-state index contributed by atoms with van der Waals surface area (Å²) in [5.41, 5.74) is -4.54. The van der Waals surface area contributed by atoms with Gasteiger partial charge >= 0.3 is 15.5 Å². The molecule has 0 heterocycles. The predicted octanol–water partition coefficient (Wildman–Crippen LogP) is 5.61. The molecule has 2 rings (SSSR count). The molecule has 158 valence electrons. The second-order valence-electron chi connectivity index (χ2n) is 5.87. The molecule has 0 N–H and O–H groups in total. The van der Waals surface area contributed by atoms with Gasteiger partial charge in [0.1, 0.15) is 6.61 Å². The highest BCUT2D eigenvalue weighted by Gasteiger charge is 2.49. The number of nitrogens with zero attached hydrogens (tertiary/aromatic N) is 2. The van der Waals surface area contributed by atoms with Crippen LogP contribution in [-0.2, 0) is 21.5 Å². The van der Waals surface area contributed by atoms with Gasteiger partial charge in [0.25, 0.3) is 0 Å². The molecule has 2 aromatic carbocycles. The number of oxime groups is 1. The Morgan fingerprint density at radius 1 is 1.10 bits per heavy atom. The van der Waals surface area contributed by atoms with Crippen molar-refractivity contribution >= 4 is 44.6 Å². The van der Waals surface area contributed by atoms with Crippen LogP contribution in [0.25, 0.3) is 0 Å². The first-order chi connectivity index (χ1) is 13.5. The quantitative estimate of drug-likeness (QED) is 0.391. The van der Waals surface area contributed by atoms with Crippen LogP contribution in [0.3, 0.4) is 0 Å². The van der Waals surface area contributed by atoms with Gasteiger partial charge in [-0.25, -0.2) is 0 Å². The predicted molar refractivity (Wildman–Crippen MR) is 108 cm³/mol. The van der Waals surface area contributed by atoms with Gasteiger partial charge in [-0.05, 0) is 42.3 Å². The Hall–Kier alpha value is -1.97. The number of halogens is 5. The average Bonchev–Trinajstić information content (AvgIpc) is 2.65. The summed E-state index contributed by atoms with van der Waals surface area (Å²) >= 11 is 11.8. The van der Waals surface area contributed by atoms with Gasteiger partial charge < -0.3 is 4.84 Å². The SMILES string of the molecule is CC/C(=N\OCc1ccc(Cl)cc1)c1cc(Cl)ccc1N(C)S(=O)(=O)C(F)(F)F. The third-order valence-electron chi connectivity index (χ3n) is 3.92. The second-order valence-corrected chi connectivity index (χ2v) is 8.70. The summed E-state index contributed by atoms with van der Waals surface area (Å²) in [6.45, 7) is 1.79. The lowest BCUT2D eigenvalue weighted by Gasteiger charge is -2.23. The maximum atomic E-state index is 13.0. The summed E-state index contributed by atoms with van der Waals surface area (Å²) in [5, 5.41) is 4.75. The molecule has 0 aliphatic heterocycles. The average molecular weight is 469 g/mol. The fourth-order valence-electron chi connectivity index (χ4n) is 2.37. The first-order valence-electron chi connectivity index (χ1n) is 8.25. The van der Waals surface area contributed by atoms with Crippen molar-refractivity contribution < 1.29 is 26.4 Å². The molecule has 5 nitrogen and oxygen atoms in total. The minimum atomic E-state index is -5.59. The van der Waals surface area contributed by atoms with Crippen LogP contribution < -0.4 is 4.31 Å². The standard InChI is InChI=1S/C18H17Cl2F3N2O3S/c1-3-16(24-28-11-12-4-6-13(19)7-5-12)15-10-14(20)8-9-17(15)25(2)29(26,27)18(21,22)23/h4-10H,3,11H2,1-2H3/b24-16+. The monoisotopic (exact) mass is 468 g/mol. The van der Waals surface area contributed by atoms with E-state index < -0.39 is 15.5 Å². The van der Waals surface area contributed by atoms with Crippen molar-refractivity contribution in [1.29, 1.82) is 0 Å². The number of hydrogen-bond acceptors (Lipinski definition) is 4. The van der Waals surface area contributed by atoms with E-state index in [0.717, 1.165) is 12.6 Å². The van der Waals surface area contributed by atoms with Crippen LogP contribution >= 0.6 is 23.2 Å². The largest absolute Gasteiger partial charge is 0.516 e. The van der Waals surface area contributed by atoms with Crippen molar-refractivity contribution in [1.82, 2.24) is 0 Å². The van der Waals surface area contributed by atoms with Crippen molar-refractivity contribution in [2.45, 2.75) is 25.5 Å². The van der Waals surface area contributed by atoms with Gasteiger partial charge in [0, 0.05) is 22.7 Å². The molecule has 0 fully saturated rings. The van der Waals surface area contributed by atoms with Gasteiger partial charge in [-0.15, -0.1) is 0 Å². The number of hydrogen-bond donors (Lipinski definition) is 0. The normalized spacial score (nSPS) is 12.7. The molecule has 0 amide bonds. The maximum Gasteiger partial charge on any atom is 0.516 e. The minimum Gasteiger partial charge on any atom is -0.391 e. The van der Waals surface area contributed by atoms with E-state index in [2.05, 4.69) is 5.16 Å². The lowest BCUT2D eigenvalue weighted by molar-refractivity contribution is -0.0437. The van der Waals surface area contributed by atoms with Gasteiger partial charge in [-0.1, -0.05) is 47.4 Å². The van der Waals surface area contributed by atoms with Crippen molar-refractivity contribution in [3.8, 4) is 0 Å². The highest BCUT2D eigenvalue weighted by atomic mass is 35.5. The zero-order valence-corrected chi connectivity index (χ0v) is 17.7. The Balaban J connectivity index is 2.38. The Labute approximate surface area is 176 Å². The van der Waals surface area contributed by atoms with Gasteiger partial charge in [0.2, 0.25) is 0 Å². The third-order valence-corrected chi connectivity index (χ3v) is 5.91. The van der Waals surface area contributed by atoms with Gasteiger partial charge in [-0.2, -0.15) is 21.6 Å². The fourth-order valence-corrected chi connectivity index (χ4v) is 3.40. The Bertz CT molecular complexity index is 994. The fraction of sp³-hybridized carbons (Fsp3) is 0.278. The number of benzene rings is 2. The Kier molecular flexibility index (Phi) is 7.42. The number of alkyl halides is 3. The lowest BCUT2D eigenvalue weighted by Crippen LogP contribution is -2.38. The summed E-state index contributed by atoms with van der Waals surface area (Å²) in [6.07, 6.45) is 0.258. The Morgan fingerprint density at radius 2 is 1.69 bits per heavy atom. The van der Waals surface area contributed by atoms with Crippen LogP contribution in [0.4, 0.5) is 18.9 Å².